The van der Waals surface area contributed by atoms with Gasteiger partial charge < -0.3 is 4.65 Å². The Morgan fingerprint density at radius 3 is 2.67 bits per heavy atom. The van der Waals surface area contributed by atoms with E-state index in [0.717, 1.165) is 29.6 Å². The van der Waals surface area contributed by atoms with Crippen LogP contribution >= 0.6 is 0 Å². The van der Waals surface area contributed by atoms with E-state index in [-0.39, 0.29) is 11.4 Å². The van der Waals surface area contributed by atoms with Crippen LogP contribution in [-0.4, -0.2) is 25.0 Å². The minimum absolute atomic E-state index is 0.184. The van der Waals surface area contributed by atoms with E-state index >= 15 is 0 Å². The molecule has 0 aromatic heterocycles. The molecule has 0 spiro atoms. The van der Waals surface area contributed by atoms with E-state index in [4.69, 9.17) is 9.49 Å². The molecule has 0 saturated carbocycles. The highest BCUT2D eigenvalue weighted by atomic mass is 19.1. The fourth-order valence-electron chi connectivity index (χ4n) is 2.46. The number of allylic oxidation sites excluding steroid dienone is 2. The van der Waals surface area contributed by atoms with Crippen LogP contribution in [0.5, 0.6) is 0 Å². The van der Waals surface area contributed by atoms with Crippen LogP contribution in [0.4, 0.5) is 8.78 Å². The van der Waals surface area contributed by atoms with Gasteiger partial charge in [-0.3, -0.25) is 9.63 Å². The summed E-state index contributed by atoms with van der Waals surface area (Å²) in [5.41, 5.74) is 0.597. The van der Waals surface area contributed by atoms with Gasteiger partial charge in [-0.1, -0.05) is 12.2 Å². The molecule has 0 unspecified atom stereocenters. The Morgan fingerprint density at radius 1 is 1.29 bits per heavy atom. The molecule has 1 aromatic rings. The third-order valence-electron chi connectivity index (χ3n) is 3.39. The standard InChI is InChI=1S/C14H12BF2NO3/c1-20-18-14(19)12-4-2-3-5-13(12)21-15(18)9-6-10(16)8-11(17)7-9/h2,4,6-8H,3,5H2,1H3. The van der Waals surface area contributed by atoms with Gasteiger partial charge in [0.25, 0.3) is 5.91 Å². The molecule has 0 bridgehead atoms. The number of rotatable bonds is 2. The van der Waals surface area contributed by atoms with Crippen molar-refractivity contribution in [2.45, 2.75) is 12.8 Å². The molecule has 108 valence electrons. The zero-order valence-electron chi connectivity index (χ0n) is 11.3. The molecule has 7 heteroatoms. The molecule has 1 aromatic carbocycles. The molecule has 0 saturated heterocycles. The van der Waals surface area contributed by atoms with E-state index < -0.39 is 18.7 Å². The summed E-state index contributed by atoms with van der Waals surface area (Å²) in [6, 6.07) is 3.01. The number of carbonyl (C=O) groups excluding carboxylic acids is 1. The number of carbonyl (C=O) groups is 1. The number of hydrogen-bond donors (Lipinski definition) is 0. The molecule has 1 aliphatic heterocycles. The molecule has 1 aliphatic carbocycles. The Labute approximate surface area is 120 Å². The third kappa shape index (κ3) is 2.44. The number of benzene rings is 1. The van der Waals surface area contributed by atoms with Gasteiger partial charge in [-0.15, -0.1) is 0 Å². The van der Waals surface area contributed by atoms with Gasteiger partial charge in [0.1, 0.15) is 11.6 Å². The lowest BCUT2D eigenvalue weighted by molar-refractivity contribution is -0.153. The summed E-state index contributed by atoms with van der Waals surface area (Å²) >= 11 is 0. The second-order valence-corrected chi connectivity index (χ2v) is 4.76. The normalized spacial score (nSPS) is 18.0. The Kier molecular flexibility index (Phi) is 3.51. The molecule has 0 fully saturated rings. The van der Waals surface area contributed by atoms with Gasteiger partial charge >= 0.3 is 7.05 Å². The topological polar surface area (TPSA) is 38.8 Å². The molecule has 0 N–H and O–H groups in total. The Balaban J connectivity index is 2.03. The molecule has 0 radical (unpaired) electrons. The van der Waals surface area contributed by atoms with Crippen LogP contribution in [0.15, 0.2) is 41.7 Å². The summed E-state index contributed by atoms with van der Waals surface area (Å²) in [5.74, 6) is -1.34. The van der Waals surface area contributed by atoms with Crippen molar-refractivity contribution in [1.29, 1.82) is 0 Å². The van der Waals surface area contributed by atoms with Crippen LogP contribution in [0, 0.1) is 11.6 Å². The molecular formula is C14H12BF2NO3. The van der Waals surface area contributed by atoms with Gasteiger partial charge in [0.2, 0.25) is 0 Å². The lowest BCUT2D eigenvalue weighted by Gasteiger charge is -2.34. The van der Waals surface area contributed by atoms with Crippen molar-refractivity contribution in [3.63, 3.8) is 0 Å². The first-order chi connectivity index (χ1) is 10.1. The largest absolute Gasteiger partial charge is 0.547 e. The number of halogens is 2. The van der Waals surface area contributed by atoms with Crippen LogP contribution in [0.2, 0.25) is 0 Å². The molecule has 0 atom stereocenters. The van der Waals surface area contributed by atoms with E-state index in [1.54, 1.807) is 6.08 Å². The molecule has 4 nitrogen and oxygen atoms in total. The van der Waals surface area contributed by atoms with Gasteiger partial charge in [0.15, 0.2) is 0 Å². The minimum Gasteiger partial charge on any atom is -0.539 e. The summed E-state index contributed by atoms with van der Waals surface area (Å²) in [7, 11) is 0.306. The summed E-state index contributed by atoms with van der Waals surface area (Å²) in [6.45, 7) is 0. The van der Waals surface area contributed by atoms with Gasteiger partial charge in [-0.05, 0) is 24.0 Å². The van der Waals surface area contributed by atoms with Crippen molar-refractivity contribution in [2.24, 2.45) is 0 Å². The maximum absolute atomic E-state index is 13.4. The van der Waals surface area contributed by atoms with E-state index in [1.807, 2.05) is 6.08 Å². The van der Waals surface area contributed by atoms with Crippen LogP contribution in [0.25, 0.3) is 0 Å². The second-order valence-electron chi connectivity index (χ2n) is 4.76. The highest BCUT2D eigenvalue weighted by molar-refractivity contribution is 6.67. The predicted octanol–water partition coefficient (Wildman–Crippen LogP) is 1.68. The first-order valence-electron chi connectivity index (χ1n) is 6.50. The van der Waals surface area contributed by atoms with E-state index in [9.17, 15) is 13.6 Å². The lowest BCUT2D eigenvalue weighted by Crippen LogP contribution is -2.56. The Morgan fingerprint density at radius 2 is 2.00 bits per heavy atom. The second kappa shape index (κ2) is 5.33. The fourth-order valence-corrected chi connectivity index (χ4v) is 2.46. The highest BCUT2D eigenvalue weighted by Crippen LogP contribution is 2.27. The zero-order chi connectivity index (χ0) is 15.0. The zero-order valence-corrected chi connectivity index (χ0v) is 11.3. The smallest absolute Gasteiger partial charge is 0.539 e. The van der Waals surface area contributed by atoms with Crippen molar-refractivity contribution in [3.8, 4) is 0 Å². The SMILES string of the molecule is CON1B(c2cc(F)cc(F)c2)OC2=C(C=CCC2)C1=O. The van der Waals surface area contributed by atoms with Crippen molar-refractivity contribution < 1.29 is 23.1 Å². The number of hydrogen-bond acceptors (Lipinski definition) is 3. The summed E-state index contributed by atoms with van der Waals surface area (Å²) in [4.78, 5) is 18.4. The van der Waals surface area contributed by atoms with Crippen molar-refractivity contribution in [2.75, 3.05) is 7.11 Å². The Bertz CT molecular complexity index is 639. The average molecular weight is 291 g/mol. The third-order valence-corrected chi connectivity index (χ3v) is 3.39. The van der Waals surface area contributed by atoms with Crippen LogP contribution in [0.3, 0.4) is 0 Å². The molecule has 1 heterocycles. The summed E-state index contributed by atoms with van der Waals surface area (Å²) in [6.07, 6.45) is 4.87. The van der Waals surface area contributed by atoms with Crippen molar-refractivity contribution >= 4 is 18.4 Å². The van der Waals surface area contributed by atoms with Gasteiger partial charge in [0, 0.05) is 12.5 Å². The summed E-state index contributed by atoms with van der Waals surface area (Å²) in [5, 5.41) is 0. The monoisotopic (exact) mass is 291 g/mol. The summed E-state index contributed by atoms with van der Waals surface area (Å²) < 4.78 is 32.5. The number of hydroxylamine groups is 1. The van der Waals surface area contributed by atoms with Crippen LogP contribution in [0.1, 0.15) is 12.8 Å². The van der Waals surface area contributed by atoms with E-state index in [0.29, 0.717) is 17.8 Å². The maximum atomic E-state index is 13.4. The molecular weight excluding hydrogens is 279 g/mol. The van der Waals surface area contributed by atoms with Crippen molar-refractivity contribution in [3.05, 3.63) is 53.3 Å². The average Bonchev–Trinajstić information content (AvgIpc) is 2.46. The van der Waals surface area contributed by atoms with Crippen LogP contribution < -0.4 is 5.46 Å². The van der Waals surface area contributed by atoms with Crippen molar-refractivity contribution in [1.82, 2.24) is 4.97 Å². The maximum Gasteiger partial charge on any atom is 0.547 e. The minimum atomic E-state index is -1.00. The lowest BCUT2D eigenvalue weighted by atomic mass is 9.70. The highest BCUT2D eigenvalue weighted by Gasteiger charge is 2.42. The molecule has 2 aliphatic rings. The first-order valence-corrected chi connectivity index (χ1v) is 6.50. The van der Waals surface area contributed by atoms with E-state index in [1.165, 1.54) is 7.11 Å². The Hall–Kier alpha value is -2.15. The molecule has 1 amide bonds. The molecule has 3 rings (SSSR count). The first kappa shape index (κ1) is 13.8. The number of amides is 1. The quantitative estimate of drug-likeness (QED) is 0.778. The number of nitrogens with zero attached hydrogens (tertiary/aromatic N) is 1. The van der Waals surface area contributed by atoms with Gasteiger partial charge in [-0.2, -0.15) is 0 Å². The fraction of sp³-hybridized carbons (Fsp3) is 0.214. The van der Waals surface area contributed by atoms with Gasteiger partial charge in [0.05, 0.1) is 18.4 Å². The predicted molar refractivity (Wildman–Crippen MR) is 72.1 cm³/mol. The van der Waals surface area contributed by atoms with Crippen LogP contribution in [-0.2, 0) is 14.3 Å². The molecule has 21 heavy (non-hydrogen) atoms. The van der Waals surface area contributed by atoms with Gasteiger partial charge in [-0.25, -0.2) is 13.8 Å². The van der Waals surface area contributed by atoms with E-state index in [2.05, 4.69) is 0 Å².